The van der Waals surface area contributed by atoms with Gasteiger partial charge in [-0.05, 0) is 41.2 Å². The molecule has 0 saturated carbocycles. The lowest BCUT2D eigenvalue weighted by Crippen LogP contribution is -2.35. The van der Waals surface area contributed by atoms with Gasteiger partial charge in [0.1, 0.15) is 0 Å². The van der Waals surface area contributed by atoms with Crippen LogP contribution in [0.25, 0.3) is 0 Å². The van der Waals surface area contributed by atoms with Gasteiger partial charge in [0.05, 0.1) is 19.8 Å². The SMILES string of the molecule is CCC(C)c1ccc(NC(N)=NCc2ccccc2CN2CCOCC2)cc1.I. The highest BCUT2D eigenvalue weighted by molar-refractivity contribution is 14.0. The van der Waals surface area contributed by atoms with Crippen LogP contribution in [0.3, 0.4) is 0 Å². The molecule has 1 saturated heterocycles. The van der Waals surface area contributed by atoms with Crippen molar-refractivity contribution in [3.8, 4) is 0 Å². The average Bonchev–Trinajstić information content (AvgIpc) is 2.74. The van der Waals surface area contributed by atoms with E-state index in [1.807, 2.05) is 0 Å². The molecule has 0 amide bonds. The Hall–Kier alpha value is -1.64. The van der Waals surface area contributed by atoms with Crippen LogP contribution in [0.4, 0.5) is 5.69 Å². The molecular formula is C23H33IN4O. The molecule has 0 aromatic heterocycles. The number of nitrogens with zero attached hydrogens (tertiary/aromatic N) is 2. The Morgan fingerprint density at radius 1 is 1.10 bits per heavy atom. The monoisotopic (exact) mass is 508 g/mol. The van der Waals surface area contributed by atoms with Crippen molar-refractivity contribution in [2.24, 2.45) is 10.7 Å². The highest BCUT2D eigenvalue weighted by Gasteiger charge is 2.12. The Bertz CT molecular complexity index is 773. The minimum Gasteiger partial charge on any atom is -0.379 e. The zero-order valence-electron chi connectivity index (χ0n) is 17.4. The largest absolute Gasteiger partial charge is 0.379 e. The summed E-state index contributed by atoms with van der Waals surface area (Å²) in [7, 11) is 0. The molecule has 0 aliphatic carbocycles. The summed E-state index contributed by atoms with van der Waals surface area (Å²) in [4.78, 5) is 6.98. The number of hydrogen-bond acceptors (Lipinski definition) is 3. The second-order valence-corrected chi connectivity index (χ2v) is 7.42. The summed E-state index contributed by atoms with van der Waals surface area (Å²) in [5, 5.41) is 3.20. The topological polar surface area (TPSA) is 62.9 Å². The van der Waals surface area contributed by atoms with Crippen LogP contribution in [0, 0.1) is 0 Å². The van der Waals surface area contributed by atoms with Crippen molar-refractivity contribution in [1.29, 1.82) is 0 Å². The molecule has 1 aliphatic heterocycles. The Kier molecular flexibility index (Phi) is 9.90. The van der Waals surface area contributed by atoms with Crippen LogP contribution < -0.4 is 11.1 Å². The minimum atomic E-state index is 0. The molecular weight excluding hydrogens is 475 g/mol. The second-order valence-electron chi connectivity index (χ2n) is 7.42. The molecule has 6 heteroatoms. The van der Waals surface area contributed by atoms with E-state index >= 15 is 0 Å². The molecule has 1 unspecified atom stereocenters. The molecule has 3 rings (SSSR count). The Labute approximate surface area is 191 Å². The first-order chi connectivity index (χ1) is 13.7. The number of hydrogen-bond donors (Lipinski definition) is 2. The average molecular weight is 508 g/mol. The number of ether oxygens (including phenoxy) is 1. The Morgan fingerprint density at radius 2 is 1.76 bits per heavy atom. The van der Waals surface area contributed by atoms with E-state index < -0.39 is 0 Å². The van der Waals surface area contributed by atoms with Gasteiger partial charge in [-0.2, -0.15) is 0 Å². The van der Waals surface area contributed by atoms with Gasteiger partial charge < -0.3 is 15.8 Å². The molecule has 3 N–H and O–H groups in total. The van der Waals surface area contributed by atoms with Gasteiger partial charge in [-0.25, -0.2) is 4.99 Å². The van der Waals surface area contributed by atoms with Crippen molar-refractivity contribution in [3.05, 3.63) is 65.2 Å². The van der Waals surface area contributed by atoms with Crippen LogP contribution in [0.5, 0.6) is 0 Å². The third kappa shape index (κ3) is 7.28. The first kappa shape index (κ1) is 23.6. The summed E-state index contributed by atoms with van der Waals surface area (Å²) in [5.41, 5.74) is 11.0. The molecule has 0 bridgehead atoms. The maximum absolute atomic E-state index is 6.12. The molecule has 158 valence electrons. The number of guanidine groups is 1. The lowest BCUT2D eigenvalue weighted by Gasteiger charge is -2.27. The van der Waals surface area contributed by atoms with Crippen LogP contribution in [-0.2, 0) is 17.8 Å². The van der Waals surface area contributed by atoms with Crippen molar-refractivity contribution in [2.75, 3.05) is 31.6 Å². The van der Waals surface area contributed by atoms with E-state index in [-0.39, 0.29) is 24.0 Å². The summed E-state index contributed by atoms with van der Waals surface area (Å²) in [6, 6.07) is 16.9. The number of anilines is 1. The maximum atomic E-state index is 6.12. The molecule has 1 atom stereocenters. The smallest absolute Gasteiger partial charge is 0.193 e. The van der Waals surface area contributed by atoms with Crippen molar-refractivity contribution in [2.45, 2.75) is 39.3 Å². The van der Waals surface area contributed by atoms with Crippen LogP contribution in [0.2, 0.25) is 0 Å². The highest BCUT2D eigenvalue weighted by Crippen LogP contribution is 2.20. The number of benzene rings is 2. The van der Waals surface area contributed by atoms with E-state index in [0.717, 1.165) is 45.0 Å². The van der Waals surface area contributed by atoms with Crippen molar-refractivity contribution < 1.29 is 4.74 Å². The molecule has 0 spiro atoms. The number of halogens is 1. The van der Waals surface area contributed by atoms with E-state index in [0.29, 0.717) is 18.4 Å². The van der Waals surface area contributed by atoms with Crippen molar-refractivity contribution >= 4 is 35.6 Å². The van der Waals surface area contributed by atoms with E-state index in [1.165, 1.54) is 16.7 Å². The fraction of sp³-hybridized carbons (Fsp3) is 0.435. The van der Waals surface area contributed by atoms with Gasteiger partial charge in [-0.1, -0.05) is 50.2 Å². The molecule has 1 fully saturated rings. The van der Waals surface area contributed by atoms with Crippen molar-refractivity contribution in [3.63, 3.8) is 0 Å². The van der Waals surface area contributed by atoms with Gasteiger partial charge in [0.2, 0.25) is 0 Å². The fourth-order valence-electron chi connectivity index (χ4n) is 3.35. The maximum Gasteiger partial charge on any atom is 0.193 e. The summed E-state index contributed by atoms with van der Waals surface area (Å²) < 4.78 is 5.44. The summed E-state index contributed by atoms with van der Waals surface area (Å²) in [6.07, 6.45) is 1.14. The van der Waals surface area contributed by atoms with E-state index in [9.17, 15) is 0 Å². The van der Waals surface area contributed by atoms with Gasteiger partial charge in [-0.3, -0.25) is 4.90 Å². The second kappa shape index (κ2) is 12.1. The number of rotatable bonds is 7. The van der Waals surface area contributed by atoms with Crippen LogP contribution in [-0.4, -0.2) is 37.2 Å². The first-order valence-corrected chi connectivity index (χ1v) is 10.2. The zero-order chi connectivity index (χ0) is 19.8. The van der Waals surface area contributed by atoms with Crippen LogP contribution in [0.15, 0.2) is 53.5 Å². The number of aliphatic imine (C=N–C) groups is 1. The lowest BCUT2D eigenvalue weighted by atomic mass is 9.99. The third-order valence-corrected chi connectivity index (χ3v) is 5.40. The molecule has 1 heterocycles. The molecule has 1 aliphatic rings. The Balaban J connectivity index is 0.00000300. The standard InChI is InChI=1S/C23H32N4O.HI/c1-3-18(2)19-8-10-22(11-9-19)26-23(24)25-16-20-6-4-5-7-21(20)17-27-12-14-28-15-13-27;/h4-11,18H,3,12-17H2,1-2H3,(H3,24,25,26);1H. The molecule has 0 radical (unpaired) electrons. The van der Waals surface area contributed by atoms with E-state index in [4.69, 9.17) is 10.5 Å². The lowest BCUT2D eigenvalue weighted by molar-refractivity contribution is 0.0341. The highest BCUT2D eigenvalue weighted by atomic mass is 127. The summed E-state index contributed by atoms with van der Waals surface area (Å²) in [5.74, 6) is 1.01. The minimum absolute atomic E-state index is 0. The molecule has 2 aromatic rings. The van der Waals surface area contributed by atoms with Gasteiger partial charge >= 0.3 is 0 Å². The fourth-order valence-corrected chi connectivity index (χ4v) is 3.35. The number of nitrogens with two attached hydrogens (primary N) is 1. The zero-order valence-corrected chi connectivity index (χ0v) is 19.8. The first-order valence-electron chi connectivity index (χ1n) is 10.2. The molecule has 2 aromatic carbocycles. The van der Waals surface area contributed by atoms with Crippen LogP contribution >= 0.6 is 24.0 Å². The van der Waals surface area contributed by atoms with Gasteiger partial charge in [0.15, 0.2) is 5.96 Å². The summed E-state index contributed by atoms with van der Waals surface area (Å²) in [6.45, 7) is 9.54. The third-order valence-electron chi connectivity index (χ3n) is 5.40. The van der Waals surface area contributed by atoms with E-state index in [2.05, 4.69) is 77.6 Å². The van der Waals surface area contributed by atoms with Crippen molar-refractivity contribution in [1.82, 2.24) is 4.90 Å². The predicted octanol–water partition coefficient (Wildman–Crippen LogP) is 4.58. The van der Waals surface area contributed by atoms with Gasteiger partial charge in [0, 0.05) is 25.3 Å². The predicted molar refractivity (Wildman–Crippen MR) is 132 cm³/mol. The molecule has 5 nitrogen and oxygen atoms in total. The van der Waals surface area contributed by atoms with Crippen LogP contribution in [0.1, 0.15) is 42.9 Å². The molecule has 29 heavy (non-hydrogen) atoms. The quantitative estimate of drug-likeness (QED) is 0.327. The number of nitrogens with one attached hydrogen (secondary N) is 1. The van der Waals surface area contributed by atoms with Gasteiger partial charge in [0.25, 0.3) is 0 Å². The van der Waals surface area contributed by atoms with E-state index in [1.54, 1.807) is 0 Å². The normalized spacial score (nSPS) is 16.1. The number of morpholine rings is 1. The summed E-state index contributed by atoms with van der Waals surface area (Å²) >= 11 is 0. The van der Waals surface area contributed by atoms with Gasteiger partial charge in [-0.15, -0.1) is 24.0 Å². The Morgan fingerprint density at radius 3 is 2.41 bits per heavy atom.